The van der Waals surface area contributed by atoms with Crippen molar-refractivity contribution < 1.29 is 0 Å². The number of rotatable bonds is 5. The van der Waals surface area contributed by atoms with E-state index >= 15 is 0 Å². The third-order valence-corrected chi connectivity index (χ3v) is 6.57. The zero-order valence-corrected chi connectivity index (χ0v) is 19.3. The standard InChI is InChI=1S/C25H19ClN4O2S/c1-15-6-8-16(9-7-15)13-30-24(32)19-4-2-3-5-20(19)28-25(30)33-14-22-27-21-12-17(26)10-11-18(21)23(31)29-22/h2-12H,13-14H2,1H3,(H,27,29,31). The number of aryl methyl sites for hydroxylation is 1. The predicted molar refractivity (Wildman–Crippen MR) is 133 cm³/mol. The maximum Gasteiger partial charge on any atom is 0.262 e. The quantitative estimate of drug-likeness (QED) is 0.288. The van der Waals surface area contributed by atoms with Crippen molar-refractivity contribution in [3.63, 3.8) is 0 Å². The maximum atomic E-state index is 13.3. The van der Waals surface area contributed by atoms with E-state index in [0.717, 1.165) is 11.1 Å². The van der Waals surface area contributed by atoms with Gasteiger partial charge in [-0.25, -0.2) is 9.97 Å². The van der Waals surface area contributed by atoms with E-state index in [9.17, 15) is 9.59 Å². The number of nitrogens with zero attached hydrogens (tertiary/aromatic N) is 3. The summed E-state index contributed by atoms with van der Waals surface area (Å²) in [6.07, 6.45) is 0. The fourth-order valence-electron chi connectivity index (χ4n) is 3.64. The highest BCUT2D eigenvalue weighted by atomic mass is 35.5. The first-order valence-corrected chi connectivity index (χ1v) is 11.7. The van der Waals surface area contributed by atoms with E-state index < -0.39 is 0 Å². The Bertz CT molecular complexity index is 1610. The second kappa shape index (κ2) is 8.84. The summed E-state index contributed by atoms with van der Waals surface area (Å²) in [4.78, 5) is 37.9. The van der Waals surface area contributed by atoms with Crippen molar-refractivity contribution in [3.8, 4) is 0 Å². The van der Waals surface area contributed by atoms with Gasteiger partial charge in [-0.3, -0.25) is 14.2 Å². The van der Waals surface area contributed by atoms with Crippen LogP contribution in [-0.4, -0.2) is 19.5 Å². The van der Waals surface area contributed by atoms with Crippen LogP contribution in [0.3, 0.4) is 0 Å². The number of nitrogens with one attached hydrogen (secondary N) is 1. The number of aromatic amines is 1. The molecule has 5 aromatic rings. The molecule has 0 aliphatic rings. The molecule has 5 rings (SSSR count). The Morgan fingerprint density at radius 3 is 2.55 bits per heavy atom. The SMILES string of the molecule is Cc1ccc(Cn2c(SCc3nc4cc(Cl)ccc4c(=O)[nH]3)nc3ccccc3c2=O)cc1. The molecule has 0 aliphatic heterocycles. The van der Waals surface area contributed by atoms with Crippen LogP contribution in [-0.2, 0) is 12.3 Å². The fourth-order valence-corrected chi connectivity index (χ4v) is 4.67. The molecule has 164 valence electrons. The number of aromatic nitrogens is 4. The van der Waals surface area contributed by atoms with Gasteiger partial charge in [-0.05, 0) is 42.8 Å². The van der Waals surface area contributed by atoms with Gasteiger partial charge < -0.3 is 4.98 Å². The number of fused-ring (bicyclic) bond motifs is 2. The van der Waals surface area contributed by atoms with E-state index in [4.69, 9.17) is 16.6 Å². The van der Waals surface area contributed by atoms with Crippen LogP contribution in [0.25, 0.3) is 21.8 Å². The van der Waals surface area contributed by atoms with Gasteiger partial charge in [0.2, 0.25) is 0 Å². The zero-order chi connectivity index (χ0) is 22.9. The van der Waals surface area contributed by atoms with Gasteiger partial charge in [0.1, 0.15) is 5.82 Å². The molecule has 2 aromatic heterocycles. The number of halogens is 1. The first-order valence-electron chi connectivity index (χ1n) is 10.3. The Morgan fingerprint density at radius 1 is 0.939 bits per heavy atom. The second-order valence-electron chi connectivity index (χ2n) is 7.75. The monoisotopic (exact) mass is 474 g/mol. The van der Waals surface area contributed by atoms with Gasteiger partial charge in [-0.2, -0.15) is 0 Å². The summed E-state index contributed by atoms with van der Waals surface area (Å²) in [5.74, 6) is 0.833. The summed E-state index contributed by atoms with van der Waals surface area (Å²) in [5, 5.41) is 2.13. The molecular formula is C25H19ClN4O2S. The molecule has 0 aliphatic carbocycles. The van der Waals surface area contributed by atoms with E-state index in [1.807, 2.05) is 49.4 Å². The molecule has 1 N–H and O–H groups in total. The number of hydrogen-bond donors (Lipinski definition) is 1. The molecule has 0 unspecified atom stereocenters. The highest BCUT2D eigenvalue weighted by Crippen LogP contribution is 2.23. The lowest BCUT2D eigenvalue weighted by Crippen LogP contribution is -2.24. The van der Waals surface area contributed by atoms with Crippen LogP contribution in [0.5, 0.6) is 0 Å². The Hall–Kier alpha value is -3.42. The molecule has 0 atom stereocenters. The lowest BCUT2D eigenvalue weighted by Gasteiger charge is -2.13. The highest BCUT2D eigenvalue weighted by Gasteiger charge is 2.13. The van der Waals surface area contributed by atoms with Gasteiger partial charge >= 0.3 is 0 Å². The van der Waals surface area contributed by atoms with Crippen molar-refractivity contribution in [3.05, 3.63) is 109 Å². The summed E-state index contributed by atoms with van der Waals surface area (Å²) < 4.78 is 1.67. The van der Waals surface area contributed by atoms with Gasteiger partial charge in [-0.15, -0.1) is 0 Å². The van der Waals surface area contributed by atoms with Crippen molar-refractivity contribution in [2.75, 3.05) is 0 Å². The zero-order valence-electron chi connectivity index (χ0n) is 17.7. The van der Waals surface area contributed by atoms with E-state index in [2.05, 4.69) is 9.97 Å². The average Bonchev–Trinajstić information content (AvgIpc) is 2.81. The Kier molecular flexibility index (Phi) is 5.74. The van der Waals surface area contributed by atoms with E-state index in [0.29, 0.717) is 50.1 Å². The summed E-state index contributed by atoms with van der Waals surface area (Å²) in [6, 6.07) is 20.4. The first kappa shape index (κ1) is 21.4. The third kappa shape index (κ3) is 4.42. The number of H-pyrrole nitrogens is 1. The van der Waals surface area contributed by atoms with Crippen molar-refractivity contribution in [2.24, 2.45) is 0 Å². The summed E-state index contributed by atoms with van der Waals surface area (Å²) in [5.41, 5.74) is 3.01. The minimum absolute atomic E-state index is 0.101. The molecule has 0 saturated heterocycles. The number of benzene rings is 3. The number of hydrogen-bond acceptors (Lipinski definition) is 5. The van der Waals surface area contributed by atoms with Crippen molar-refractivity contribution in [1.82, 2.24) is 19.5 Å². The average molecular weight is 475 g/mol. The van der Waals surface area contributed by atoms with E-state index in [1.54, 1.807) is 28.8 Å². The molecule has 0 radical (unpaired) electrons. The summed E-state index contributed by atoms with van der Waals surface area (Å²) >= 11 is 7.43. The molecule has 3 aromatic carbocycles. The predicted octanol–water partition coefficient (Wildman–Crippen LogP) is 4.94. The molecule has 6 nitrogen and oxygen atoms in total. The van der Waals surface area contributed by atoms with Gasteiger partial charge in [0, 0.05) is 5.02 Å². The number of para-hydroxylation sites is 1. The van der Waals surface area contributed by atoms with Crippen LogP contribution in [0.4, 0.5) is 0 Å². The van der Waals surface area contributed by atoms with Crippen LogP contribution in [0.1, 0.15) is 17.0 Å². The minimum atomic E-state index is -0.226. The van der Waals surface area contributed by atoms with Crippen molar-refractivity contribution in [1.29, 1.82) is 0 Å². The minimum Gasteiger partial charge on any atom is -0.309 e. The lowest BCUT2D eigenvalue weighted by molar-refractivity contribution is 0.657. The van der Waals surface area contributed by atoms with Crippen LogP contribution in [0.2, 0.25) is 5.02 Å². The van der Waals surface area contributed by atoms with Crippen molar-refractivity contribution in [2.45, 2.75) is 24.4 Å². The topological polar surface area (TPSA) is 80.6 Å². The van der Waals surface area contributed by atoms with Gasteiger partial charge in [0.25, 0.3) is 11.1 Å². The van der Waals surface area contributed by atoms with Crippen LogP contribution < -0.4 is 11.1 Å². The van der Waals surface area contributed by atoms with Crippen LogP contribution >= 0.6 is 23.4 Å². The fraction of sp³-hybridized carbons (Fsp3) is 0.120. The largest absolute Gasteiger partial charge is 0.309 e. The molecule has 0 fully saturated rings. The summed E-state index contributed by atoms with van der Waals surface area (Å²) in [6.45, 7) is 2.43. The summed E-state index contributed by atoms with van der Waals surface area (Å²) in [7, 11) is 0. The number of thioether (sulfide) groups is 1. The van der Waals surface area contributed by atoms with Crippen molar-refractivity contribution >= 4 is 45.2 Å². The normalized spacial score (nSPS) is 11.3. The molecular weight excluding hydrogens is 456 g/mol. The van der Waals surface area contributed by atoms with Gasteiger partial charge in [-0.1, -0.05) is 65.3 Å². The van der Waals surface area contributed by atoms with Gasteiger partial charge in [0.15, 0.2) is 5.16 Å². The molecule has 2 heterocycles. The highest BCUT2D eigenvalue weighted by molar-refractivity contribution is 7.98. The van der Waals surface area contributed by atoms with E-state index in [1.165, 1.54) is 11.8 Å². The smallest absolute Gasteiger partial charge is 0.262 e. The molecule has 0 bridgehead atoms. The Balaban J connectivity index is 1.54. The molecule has 8 heteroatoms. The van der Waals surface area contributed by atoms with Gasteiger partial charge in [0.05, 0.1) is 34.1 Å². The van der Waals surface area contributed by atoms with E-state index in [-0.39, 0.29) is 11.1 Å². The lowest BCUT2D eigenvalue weighted by atomic mass is 10.1. The Labute approximate surface area is 198 Å². The van der Waals surface area contributed by atoms with Crippen LogP contribution in [0.15, 0.2) is 81.5 Å². The molecule has 0 saturated carbocycles. The molecule has 0 amide bonds. The van der Waals surface area contributed by atoms with Crippen LogP contribution in [0, 0.1) is 6.92 Å². The third-order valence-electron chi connectivity index (χ3n) is 5.34. The second-order valence-corrected chi connectivity index (χ2v) is 9.13. The first-order chi connectivity index (χ1) is 16.0. The molecule has 33 heavy (non-hydrogen) atoms. The maximum absolute atomic E-state index is 13.3. The molecule has 0 spiro atoms. The Morgan fingerprint density at radius 2 is 1.73 bits per heavy atom.